The van der Waals surface area contributed by atoms with E-state index in [0.29, 0.717) is 5.41 Å². The molecule has 0 fully saturated rings. The molecular formula is C16H30N2S. The van der Waals surface area contributed by atoms with E-state index in [1.165, 1.54) is 30.7 Å². The lowest BCUT2D eigenvalue weighted by atomic mass is 9.81. The number of nitrogens with one attached hydrogen (secondary N) is 1. The molecule has 0 saturated carbocycles. The van der Waals surface area contributed by atoms with Crippen LogP contribution in [0.3, 0.4) is 0 Å². The fraction of sp³-hybridized carbons (Fsp3) is 0.750. The van der Waals surface area contributed by atoms with Crippen LogP contribution in [0.5, 0.6) is 0 Å². The van der Waals surface area contributed by atoms with Gasteiger partial charge in [0.15, 0.2) is 0 Å². The lowest BCUT2D eigenvalue weighted by Crippen LogP contribution is -2.42. The molecule has 1 heterocycles. The Bertz CT molecular complexity index is 317. The molecular weight excluding hydrogens is 252 g/mol. The van der Waals surface area contributed by atoms with Crippen molar-refractivity contribution in [1.82, 2.24) is 10.2 Å². The van der Waals surface area contributed by atoms with Gasteiger partial charge in [0, 0.05) is 24.5 Å². The summed E-state index contributed by atoms with van der Waals surface area (Å²) in [6, 6.07) is 4.37. The van der Waals surface area contributed by atoms with Crippen molar-refractivity contribution in [3.05, 3.63) is 22.4 Å². The van der Waals surface area contributed by atoms with Gasteiger partial charge < -0.3 is 10.2 Å². The Balaban J connectivity index is 2.50. The van der Waals surface area contributed by atoms with Gasteiger partial charge in [0.2, 0.25) is 0 Å². The van der Waals surface area contributed by atoms with Gasteiger partial charge in [-0.1, -0.05) is 26.8 Å². The van der Waals surface area contributed by atoms with E-state index in [0.717, 1.165) is 19.6 Å². The summed E-state index contributed by atoms with van der Waals surface area (Å²) in [6.07, 6.45) is 3.71. The predicted molar refractivity (Wildman–Crippen MR) is 86.8 cm³/mol. The van der Waals surface area contributed by atoms with Crippen LogP contribution in [-0.4, -0.2) is 31.6 Å². The fourth-order valence-corrected chi connectivity index (χ4v) is 3.39. The smallest absolute Gasteiger partial charge is 0.0325 e. The molecule has 0 aliphatic rings. The molecule has 0 amide bonds. The summed E-state index contributed by atoms with van der Waals surface area (Å²) in [5, 5.41) is 5.78. The van der Waals surface area contributed by atoms with Crippen LogP contribution in [0.15, 0.2) is 17.5 Å². The summed E-state index contributed by atoms with van der Waals surface area (Å²) in [6.45, 7) is 11.4. The van der Waals surface area contributed by atoms with E-state index in [-0.39, 0.29) is 0 Å². The molecule has 110 valence electrons. The van der Waals surface area contributed by atoms with Crippen LogP contribution in [0, 0.1) is 5.41 Å². The number of hydrogen-bond donors (Lipinski definition) is 1. The van der Waals surface area contributed by atoms with Crippen molar-refractivity contribution in [3.63, 3.8) is 0 Å². The Morgan fingerprint density at radius 2 is 2.00 bits per heavy atom. The van der Waals surface area contributed by atoms with Gasteiger partial charge >= 0.3 is 0 Å². The van der Waals surface area contributed by atoms with Gasteiger partial charge in [-0.25, -0.2) is 0 Å². The molecule has 0 spiro atoms. The van der Waals surface area contributed by atoms with Crippen molar-refractivity contribution in [3.8, 4) is 0 Å². The normalized spacial score (nSPS) is 12.3. The second kappa shape index (κ2) is 8.72. The quantitative estimate of drug-likeness (QED) is 0.653. The molecule has 0 unspecified atom stereocenters. The van der Waals surface area contributed by atoms with E-state index >= 15 is 0 Å². The molecule has 3 heteroatoms. The first-order chi connectivity index (χ1) is 9.15. The van der Waals surface area contributed by atoms with Crippen molar-refractivity contribution in [2.24, 2.45) is 5.41 Å². The molecule has 1 aromatic rings. The molecule has 19 heavy (non-hydrogen) atoms. The van der Waals surface area contributed by atoms with Crippen LogP contribution < -0.4 is 5.32 Å². The highest BCUT2D eigenvalue weighted by atomic mass is 32.1. The summed E-state index contributed by atoms with van der Waals surface area (Å²) in [7, 11) is 2.25. The summed E-state index contributed by atoms with van der Waals surface area (Å²) in [5.41, 5.74) is 0.418. The van der Waals surface area contributed by atoms with E-state index in [1.54, 1.807) is 0 Å². The van der Waals surface area contributed by atoms with E-state index < -0.39 is 0 Å². The SMILES string of the molecule is CCCNCC(CC)(CC)CN(C)Cc1cccs1. The fourth-order valence-electron chi connectivity index (χ4n) is 2.61. The maximum absolute atomic E-state index is 3.62. The third-order valence-corrected chi connectivity index (χ3v) is 4.90. The number of hydrogen-bond acceptors (Lipinski definition) is 3. The molecule has 0 bridgehead atoms. The third kappa shape index (κ3) is 5.64. The largest absolute Gasteiger partial charge is 0.316 e. The van der Waals surface area contributed by atoms with E-state index in [2.05, 4.69) is 55.5 Å². The van der Waals surface area contributed by atoms with Crippen LogP contribution in [0.2, 0.25) is 0 Å². The maximum atomic E-state index is 3.62. The minimum atomic E-state index is 0.418. The molecule has 1 rings (SSSR count). The number of nitrogens with zero attached hydrogens (tertiary/aromatic N) is 1. The zero-order valence-electron chi connectivity index (χ0n) is 13.0. The highest BCUT2D eigenvalue weighted by Gasteiger charge is 2.27. The van der Waals surface area contributed by atoms with Crippen LogP contribution in [0.1, 0.15) is 44.9 Å². The summed E-state index contributed by atoms with van der Waals surface area (Å²) >= 11 is 1.86. The van der Waals surface area contributed by atoms with Gasteiger partial charge in [-0.15, -0.1) is 11.3 Å². The summed E-state index contributed by atoms with van der Waals surface area (Å²) in [4.78, 5) is 3.94. The monoisotopic (exact) mass is 282 g/mol. The van der Waals surface area contributed by atoms with Gasteiger partial charge in [-0.2, -0.15) is 0 Å². The lowest BCUT2D eigenvalue weighted by molar-refractivity contribution is 0.152. The first-order valence-electron chi connectivity index (χ1n) is 7.57. The average molecular weight is 282 g/mol. The zero-order chi connectivity index (χ0) is 14.1. The minimum absolute atomic E-state index is 0.418. The van der Waals surface area contributed by atoms with Gasteiger partial charge in [-0.3, -0.25) is 0 Å². The topological polar surface area (TPSA) is 15.3 Å². The Morgan fingerprint density at radius 1 is 1.26 bits per heavy atom. The van der Waals surface area contributed by atoms with Gasteiger partial charge in [0.25, 0.3) is 0 Å². The van der Waals surface area contributed by atoms with Crippen molar-refractivity contribution < 1.29 is 0 Å². The molecule has 2 nitrogen and oxygen atoms in total. The van der Waals surface area contributed by atoms with Crippen molar-refractivity contribution in [2.75, 3.05) is 26.7 Å². The summed E-state index contributed by atoms with van der Waals surface area (Å²) < 4.78 is 0. The Kier molecular flexibility index (Phi) is 7.66. The zero-order valence-corrected chi connectivity index (χ0v) is 13.9. The van der Waals surface area contributed by atoms with E-state index in [1.807, 2.05) is 11.3 Å². The van der Waals surface area contributed by atoms with Gasteiger partial charge in [-0.05, 0) is 49.7 Å². The Morgan fingerprint density at radius 3 is 2.53 bits per heavy atom. The number of rotatable bonds is 10. The number of thiophene rings is 1. The van der Waals surface area contributed by atoms with Gasteiger partial charge in [0.05, 0.1) is 0 Å². The first-order valence-corrected chi connectivity index (χ1v) is 8.45. The highest BCUT2D eigenvalue weighted by Crippen LogP contribution is 2.27. The minimum Gasteiger partial charge on any atom is -0.316 e. The van der Waals surface area contributed by atoms with E-state index in [4.69, 9.17) is 0 Å². The Hall–Kier alpha value is -0.380. The van der Waals surface area contributed by atoms with Gasteiger partial charge in [0.1, 0.15) is 0 Å². The van der Waals surface area contributed by atoms with Crippen molar-refractivity contribution in [2.45, 2.75) is 46.6 Å². The second-order valence-corrected chi connectivity index (χ2v) is 6.67. The molecule has 0 radical (unpaired) electrons. The third-order valence-electron chi connectivity index (χ3n) is 4.04. The van der Waals surface area contributed by atoms with Crippen LogP contribution >= 0.6 is 11.3 Å². The van der Waals surface area contributed by atoms with Crippen LogP contribution in [-0.2, 0) is 6.54 Å². The first kappa shape index (κ1) is 16.7. The molecule has 1 N–H and O–H groups in total. The molecule has 0 aliphatic heterocycles. The standard InChI is InChI=1S/C16H30N2S/c1-5-10-17-13-16(6-2,7-3)14-18(4)12-15-9-8-11-19-15/h8-9,11,17H,5-7,10,12-14H2,1-4H3. The highest BCUT2D eigenvalue weighted by molar-refractivity contribution is 7.09. The molecule has 0 atom stereocenters. The van der Waals surface area contributed by atoms with Crippen LogP contribution in [0.25, 0.3) is 0 Å². The van der Waals surface area contributed by atoms with E-state index in [9.17, 15) is 0 Å². The summed E-state index contributed by atoms with van der Waals surface area (Å²) in [5.74, 6) is 0. The average Bonchev–Trinajstić information content (AvgIpc) is 2.90. The molecule has 0 saturated heterocycles. The lowest BCUT2D eigenvalue weighted by Gasteiger charge is -2.36. The second-order valence-electron chi connectivity index (χ2n) is 5.64. The maximum Gasteiger partial charge on any atom is 0.0325 e. The molecule has 1 aromatic heterocycles. The van der Waals surface area contributed by atoms with Crippen molar-refractivity contribution in [1.29, 1.82) is 0 Å². The van der Waals surface area contributed by atoms with Crippen LogP contribution in [0.4, 0.5) is 0 Å². The Labute approximate surface area is 123 Å². The molecule has 0 aromatic carbocycles. The molecule has 0 aliphatic carbocycles. The predicted octanol–water partition coefficient (Wildman–Crippen LogP) is 3.99. The van der Waals surface area contributed by atoms with Crippen molar-refractivity contribution >= 4 is 11.3 Å².